The van der Waals surface area contributed by atoms with Crippen LogP contribution in [0.15, 0.2) is 0 Å². The predicted octanol–water partition coefficient (Wildman–Crippen LogP) is 0.720. The first-order valence-electron chi connectivity index (χ1n) is 6.43. The van der Waals surface area contributed by atoms with Crippen molar-refractivity contribution in [1.82, 2.24) is 10.6 Å². The zero-order valence-corrected chi connectivity index (χ0v) is 11.9. The van der Waals surface area contributed by atoms with E-state index in [-0.39, 0.29) is 24.4 Å². The third-order valence-corrected chi connectivity index (χ3v) is 2.72. The van der Waals surface area contributed by atoms with Gasteiger partial charge in [-0.3, -0.25) is 4.79 Å². The van der Waals surface area contributed by atoms with Crippen LogP contribution in [-0.2, 0) is 14.3 Å². The highest BCUT2D eigenvalue weighted by Gasteiger charge is 2.15. The number of amides is 1. The Balaban J connectivity index is 0.00000289. The summed E-state index contributed by atoms with van der Waals surface area (Å²) < 4.78 is 10.8. The molecule has 1 heterocycles. The van der Waals surface area contributed by atoms with Gasteiger partial charge in [-0.15, -0.1) is 12.4 Å². The average Bonchev–Trinajstić information content (AvgIpc) is 2.82. The number of carbonyl (C=O) groups is 1. The lowest BCUT2D eigenvalue weighted by atomic mass is 10.3. The van der Waals surface area contributed by atoms with Gasteiger partial charge in [0.1, 0.15) is 0 Å². The van der Waals surface area contributed by atoms with Crippen LogP contribution < -0.4 is 10.6 Å². The Labute approximate surface area is 115 Å². The maximum atomic E-state index is 11.3. The van der Waals surface area contributed by atoms with Crippen LogP contribution in [0.25, 0.3) is 0 Å². The number of ether oxygens (including phenoxy) is 2. The van der Waals surface area contributed by atoms with Crippen molar-refractivity contribution in [2.24, 2.45) is 0 Å². The molecule has 2 N–H and O–H groups in total. The molecule has 1 saturated heterocycles. The number of hydrogen-bond donors (Lipinski definition) is 2. The molecule has 0 aliphatic carbocycles. The van der Waals surface area contributed by atoms with Crippen LogP contribution >= 0.6 is 12.4 Å². The lowest BCUT2D eigenvalue weighted by molar-refractivity contribution is -0.121. The van der Waals surface area contributed by atoms with E-state index in [2.05, 4.69) is 10.6 Å². The van der Waals surface area contributed by atoms with E-state index in [1.165, 1.54) is 0 Å². The van der Waals surface area contributed by atoms with Crippen molar-refractivity contribution in [2.45, 2.75) is 31.8 Å². The van der Waals surface area contributed by atoms with Crippen molar-refractivity contribution in [2.75, 3.05) is 40.0 Å². The smallest absolute Gasteiger partial charge is 0.220 e. The Morgan fingerprint density at radius 3 is 2.89 bits per heavy atom. The van der Waals surface area contributed by atoms with E-state index in [9.17, 15) is 4.79 Å². The van der Waals surface area contributed by atoms with Gasteiger partial charge in [-0.25, -0.2) is 0 Å². The van der Waals surface area contributed by atoms with Gasteiger partial charge < -0.3 is 20.1 Å². The van der Waals surface area contributed by atoms with E-state index in [1.807, 2.05) is 7.05 Å². The van der Waals surface area contributed by atoms with Gasteiger partial charge in [0, 0.05) is 26.2 Å². The van der Waals surface area contributed by atoms with Gasteiger partial charge in [0.25, 0.3) is 0 Å². The highest BCUT2D eigenvalue weighted by molar-refractivity contribution is 5.85. The summed E-state index contributed by atoms with van der Waals surface area (Å²) in [6.07, 6.45) is 3.61. The second kappa shape index (κ2) is 11.7. The molecule has 108 valence electrons. The summed E-state index contributed by atoms with van der Waals surface area (Å²) >= 11 is 0. The van der Waals surface area contributed by atoms with Crippen molar-refractivity contribution >= 4 is 18.3 Å². The Morgan fingerprint density at radius 1 is 1.39 bits per heavy atom. The third kappa shape index (κ3) is 8.69. The van der Waals surface area contributed by atoms with Crippen molar-refractivity contribution in [3.05, 3.63) is 0 Å². The fourth-order valence-electron chi connectivity index (χ4n) is 1.71. The van der Waals surface area contributed by atoms with Crippen molar-refractivity contribution in [3.63, 3.8) is 0 Å². The molecule has 0 spiro atoms. The van der Waals surface area contributed by atoms with Gasteiger partial charge in [-0.1, -0.05) is 0 Å². The van der Waals surface area contributed by atoms with Gasteiger partial charge in [0.05, 0.1) is 12.7 Å². The lowest BCUT2D eigenvalue weighted by Gasteiger charge is -2.10. The van der Waals surface area contributed by atoms with Gasteiger partial charge in [-0.2, -0.15) is 0 Å². The Bertz CT molecular complexity index is 211. The maximum absolute atomic E-state index is 11.3. The van der Waals surface area contributed by atoms with Crippen molar-refractivity contribution < 1.29 is 14.3 Å². The van der Waals surface area contributed by atoms with E-state index in [0.717, 1.165) is 39.0 Å². The monoisotopic (exact) mass is 280 g/mol. The van der Waals surface area contributed by atoms with Crippen LogP contribution in [0.2, 0.25) is 0 Å². The van der Waals surface area contributed by atoms with Crippen LogP contribution in [0, 0.1) is 0 Å². The fraction of sp³-hybridized carbons (Fsp3) is 0.917. The molecule has 0 radical (unpaired) electrons. The summed E-state index contributed by atoms with van der Waals surface area (Å²) in [7, 11) is 1.89. The first kappa shape index (κ1) is 17.6. The van der Waals surface area contributed by atoms with Gasteiger partial charge in [0.2, 0.25) is 5.91 Å². The van der Waals surface area contributed by atoms with Crippen LogP contribution in [0.5, 0.6) is 0 Å². The summed E-state index contributed by atoms with van der Waals surface area (Å²) in [5, 5.41) is 5.91. The first-order chi connectivity index (χ1) is 8.33. The number of carbonyl (C=O) groups excluding carboxylic acids is 1. The highest BCUT2D eigenvalue weighted by atomic mass is 35.5. The molecule has 0 aromatic carbocycles. The lowest BCUT2D eigenvalue weighted by Crippen LogP contribution is -2.26. The number of halogens is 1. The van der Waals surface area contributed by atoms with Crippen LogP contribution in [-0.4, -0.2) is 52.0 Å². The minimum Gasteiger partial charge on any atom is -0.379 e. The van der Waals surface area contributed by atoms with E-state index < -0.39 is 0 Å². The molecule has 1 aliphatic heterocycles. The number of nitrogens with one attached hydrogen (secondary N) is 2. The number of hydrogen-bond acceptors (Lipinski definition) is 4. The molecular weight excluding hydrogens is 256 g/mol. The SMILES string of the molecule is CNCCCC(=O)NCCCOC1CCOC1.Cl. The van der Waals surface area contributed by atoms with Crippen LogP contribution in [0.1, 0.15) is 25.7 Å². The number of rotatable bonds is 9. The quantitative estimate of drug-likeness (QED) is 0.611. The maximum Gasteiger partial charge on any atom is 0.220 e. The molecule has 1 unspecified atom stereocenters. The van der Waals surface area contributed by atoms with Crippen molar-refractivity contribution in [1.29, 1.82) is 0 Å². The molecule has 5 nitrogen and oxygen atoms in total. The molecule has 1 rings (SSSR count). The fourth-order valence-corrected chi connectivity index (χ4v) is 1.71. The van der Waals surface area contributed by atoms with E-state index in [0.29, 0.717) is 19.6 Å². The molecule has 1 atom stereocenters. The van der Waals surface area contributed by atoms with Gasteiger partial charge in [-0.05, 0) is 32.9 Å². The van der Waals surface area contributed by atoms with Crippen LogP contribution in [0.3, 0.4) is 0 Å². The summed E-state index contributed by atoms with van der Waals surface area (Å²) in [6, 6.07) is 0. The first-order valence-corrected chi connectivity index (χ1v) is 6.43. The molecule has 18 heavy (non-hydrogen) atoms. The topological polar surface area (TPSA) is 59.6 Å². The summed E-state index contributed by atoms with van der Waals surface area (Å²) in [4.78, 5) is 11.3. The standard InChI is InChI=1S/C12H24N2O3.ClH/c1-13-6-2-4-12(15)14-7-3-8-17-11-5-9-16-10-11;/h11,13H,2-10H2,1H3,(H,14,15);1H. The van der Waals surface area contributed by atoms with Crippen LogP contribution in [0.4, 0.5) is 0 Å². The Morgan fingerprint density at radius 2 is 2.22 bits per heavy atom. The minimum atomic E-state index is 0. The van der Waals surface area contributed by atoms with Gasteiger partial charge in [0.15, 0.2) is 0 Å². The molecule has 1 aliphatic rings. The Kier molecular flexibility index (Phi) is 11.5. The minimum absolute atomic E-state index is 0. The summed E-state index contributed by atoms with van der Waals surface area (Å²) in [6.45, 7) is 3.82. The van der Waals surface area contributed by atoms with E-state index >= 15 is 0 Å². The molecule has 1 fully saturated rings. The molecule has 0 saturated carbocycles. The van der Waals surface area contributed by atoms with Crippen molar-refractivity contribution in [3.8, 4) is 0 Å². The Hall–Kier alpha value is -0.360. The zero-order chi connectivity index (χ0) is 12.3. The molecule has 6 heteroatoms. The third-order valence-electron chi connectivity index (χ3n) is 2.72. The summed E-state index contributed by atoms with van der Waals surface area (Å²) in [5.74, 6) is 0.129. The summed E-state index contributed by atoms with van der Waals surface area (Å²) in [5.41, 5.74) is 0. The molecule has 0 bridgehead atoms. The molecular formula is C12H25ClN2O3. The normalized spacial score (nSPS) is 18.4. The van der Waals surface area contributed by atoms with Gasteiger partial charge >= 0.3 is 0 Å². The van der Waals surface area contributed by atoms with E-state index in [4.69, 9.17) is 9.47 Å². The largest absolute Gasteiger partial charge is 0.379 e. The average molecular weight is 281 g/mol. The molecule has 0 aromatic heterocycles. The molecule has 1 amide bonds. The predicted molar refractivity (Wildman–Crippen MR) is 73.2 cm³/mol. The van der Waals surface area contributed by atoms with E-state index in [1.54, 1.807) is 0 Å². The second-order valence-corrected chi connectivity index (χ2v) is 4.27. The highest BCUT2D eigenvalue weighted by Crippen LogP contribution is 2.07. The zero-order valence-electron chi connectivity index (χ0n) is 11.1. The second-order valence-electron chi connectivity index (χ2n) is 4.27. The molecule has 0 aromatic rings.